The zero-order valence-corrected chi connectivity index (χ0v) is 12.2. The molecule has 2 aromatic carbocycles. The Morgan fingerprint density at radius 2 is 1.90 bits per heavy atom. The van der Waals surface area contributed by atoms with Crippen LogP contribution >= 0.6 is 15.9 Å². The standard InChI is InChI=1S/C16H13BrN2O/c17-15-10-4-9-14(12-15)16(20)19-18-11-5-8-13-6-2-1-3-7-13/h1-12H,(H,19,20)/b8-5+,18-11-. The van der Waals surface area contributed by atoms with Gasteiger partial charge in [-0.2, -0.15) is 5.10 Å². The van der Waals surface area contributed by atoms with Gasteiger partial charge in [0.1, 0.15) is 0 Å². The molecule has 0 aliphatic heterocycles. The molecule has 0 unspecified atom stereocenters. The van der Waals surface area contributed by atoms with Gasteiger partial charge in [-0.15, -0.1) is 0 Å². The first kappa shape index (κ1) is 14.2. The average Bonchev–Trinajstić information content (AvgIpc) is 2.48. The fraction of sp³-hybridized carbons (Fsp3) is 0. The predicted molar refractivity (Wildman–Crippen MR) is 85.6 cm³/mol. The number of carbonyl (C=O) groups is 1. The summed E-state index contributed by atoms with van der Waals surface area (Å²) < 4.78 is 0.859. The van der Waals surface area contributed by atoms with Gasteiger partial charge in [-0.05, 0) is 29.8 Å². The van der Waals surface area contributed by atoms with Crippen LogP contribution in [-0.4, -0.2) is 12.1 Å². The highest BCUT2D eigenvalue weighted by Crippen LogP contribution is 2.11. The van der Waals surface area contributed by atoms with Crippen LogP contribution in [0.5, 0.6) is 0 Å². The third-order valence-corrected chi connectivity index (χ3v) is 3.00. The highest BCUT2D eigenvalue weighted by molar-refractivity contribution is 9.10. The summed E-state index contributed by atoms with van der Waals surface area (Å²) in [5.41, 5.74) is 4.11. The molecule has 2 aromatic rings. The normalized spacial score (nSPS) is 11.1. The summed E-state index contributed by atoms with van der Waals surface area (Å²) in [5.74, 6) is -0.240. The molecule has 0 fully saturated rings. The number of benzene rings is 2. The second-order valence-electron chi connectivity index (χ2n) is 4.00. The van der Waals surface area contributed by atoms with E-state index in [0.29, 0.717) is 5.56 Å². The second-order valence-corrected chi connectivity index (χ2v) is 4.91. The lowest BCUT2D eigenvalue weighted by molar-refractivity contribution is 0.0955. The van der Waals surface area contributed by atoms with Crippen molar-refractivity contribution in [2.45, 2.75) is 0 Å². The summed E-state index contributed by atoms with van der Waals surface area (Å²) in [5, 5.41) is 3.87. The van der Waals surface area contributed by atoms with Gasteiger partial charge in [-0.1, -0.05) is 58.4 Å². The van der Waals surface area contributed by atoms with Gasteiger partial charge in [-0.25, -0.2) is 5.43 Å². The number of nitrogens with one attached hydrogen (secondary N) is 1. The molecular weight excluding hydrogens is 316 g/mol. The quantitative estimate of drug-likeness (QED) is 0.671. The fourth-order valence-electron chi connectivity index (χ4n) is 1.55. The first-order chi connectivity index (χ1) is 9.75. The summed E-state index contributed by atoms with van der Waals surface area (Å²) in [6.07, 6.45) is 5.23. The summed E-state index contributed by atoms with van der Waals surface area (Å²) in [7, 11) is 0. The van der Waals surface area contributed by atoms with E-state index >= 15 is 0 Å². The SMILES string of the molecule is O=C(N/N=C\C=C\c1ccccc1)c1cccc(Br)c1. The Morgan fingerprint density at radius 1 is 1.10 bits per heavy atom. The van der Waals surface area contributed by atoms with E-state index in [1.54, 1.807) is 30.5 Å². The highest BCUT2D eigenvalue weighted by Gasteiger charge is 2.03. The molecule has 0 atom stereocenters. The molecule has 3 nitrogen and oxygen atoms in total. The molecular formula is C16H13BrN2O. The van der Waals surface area contributed by atoms with E-state index in [1.807, 2.05) is 42.5 Å². The molecule has 0 radical (unpaired) electrons. The van der Waals surface area contributed by atoms with E-state index in [9.17, 15) is 4.79 Å². The van der Waals surface area contributed by atoms with E-state index in [4.69, 9.17) is 0 Å². The van der Waals surface area contributed by atoms with Gasteiger partial charge < -0.3 is 0 Å². The van der Waals surface area contributed by atoms with Crippen molar-refractivity contribution in [1.29, 1.82) is 0 Å². The van der Waals surface area contributed by atoms with Crippen LogP contribution in [0.4, 0.5) is 0 Å². The average molecular weight is 329 g/mol. The maximum atomic E-state index is 11.8. The van der Waals surface area contributed by atoms with Crippen LogP contribution in [0.15, 0.2) is 70.2 Å². The number of hydrazone groups is 1. The Bertz CT molecular complexity index is 636. The monoisotopic (exact) mass is 328 g/mol. The number of halogens is 1. The minimum Gasteiger partial charge on any atom is -0.267 e. The minimum atomic E-state index is -0.240. The van der Waals surface area contributed by atoms with Gasteiger partial charge in [-0.3, -0.25) is 4.79 Å². The topological polar surface area (TPSA) is 41.5 Å². The van der Waals surface area contributed by atoms with E-state index in [0.717, 1.165) is 10.0 Å². The lowest BCUT2D eigenvalue weighted by Crippen LogP contribution is -2.17. The number of nitrogens with zero attached hydrogens (tertiary/aromatic N) is 1. The molecule has 0 aliphatic carbocycles. The molecule has 4 heteroatoms. The van der Waals surface area contributed by atoms with Crippen LogP contribution in [0.2, 0.25) is 0 Å². The van der Waals surface area contributed by atoms with Crippen LogP contribution in [-0.2, 0) is 0 Å². The number of amides is 1. The smallest absolute Gasteiger partial charge is 0.267 e. The molecule has 1 amide bonds. The summed E-state index contributed by atoms with van der Waals surface area (Å²) in [6.45, 7) is 0. The van der Waals surface area contributed by atoms with Crippen molar-refractivity contribution >= 4 is 34.1 Å². The highest BCUT2D eigenvalue weighted by atomic mass is 79.9. The van der Waals surface area contributed by atoms with Crippen molar-refractivity contribution in [2.24, 2.45) is 5.10 Å². The van der Waals surface area contributed by atoms with Crippen molar-refractivity contribution in [3.63, 3.8) is 0 Å². The molecule has 20 heavy (non-hydrogen) atoms. The molecule has 1 N–H and O–H groups in total. The van der Waals surface area contributed by atoms with E-state index in [2.05, 4.69) is 26.5 Å². The van der Waals surface area contributed by atoms with Gasteiger partial charge in [0.25, 0.3) is 5.91 Å². The fourth-order valence-corrected chi connectivity index (χ4v) is 1.95. The number of hydrogen-bond acceptors (Lipinski definition) is 2. The third-order valence-electron chi connectivity index (χ3n) is 2.50. The Balaban J connectivity index is 1.87. The summed E-state index contributed by atoms with van der Waals surface area (Å²) in [6, 6.07) is 17.0. The number of carbonyl (C=O) groups excluding carboxylic acids is 1. The third kappa shape index (κ3) is 4.48. The predicted octanol–water partition coefficient (Wildman–Crippen LogP) is 3.88. The minimum absolute atomic E-state index is 0.240. The summed E-state index contributed by atoms with van der Waals surface area (Å²) in [4.78, 5) is 11.8. The molecule has 100 valence electrons. The number of hydrogen-bond donors (Lipinski definition) is 1. The van der Waals surface area contributed by atoms with Crippen LogP contribution in [0.1, 0.15) is 15.9 Å². The van der Waals surface area contributed by atoms with Gasteiger partial charge >= 0.3 is 0 Å². The van der Waals surface area contributed by atoms with Crippen LogP contribution in [0.3, 0.4) is 0 Å². The Hall–Kier alpha value is -2.20. The van der Waals surface area contributed by atoms with Gasteiger partial charge in [0.05, 0.1) is 0 Å². The van der Waals surface area contributed by atoms with Crippen LogP contribution in [0.25, 0.3) is 6.08 Å². The van der Waals surface area contributed by atoms with Gasteiger partial charge in [0, 0.05) is 16.3 Å². The number of rotatable bonds is 4. The van der Waals surface area contributed by atoms with Gasteiger partial charge in [0.2, 0.25) is 0 Å². The zero-order valence-electron chi connectivity index (χ0n) is 10.7. The van der Waals surface area contributed by atoms with Crippen molar-refractivity contribution in [3.05, 3.63) is 76.3 Å². The Labute approximate surface area is 126 Å². The lowest BCUT2D eigenvalue weighted by atomic mass is 10.2. The van der Waals surface area contributed by atoms with E-state index in [1.165, 1.54) is 0 Å². The van der Waals surface area contributed by atoms with Crippen molar-refractivity contribution in [2.75, 3.05) is 0 Å². The van der Waals surface area contributed by atoms with Crippen LogP contribution < -0.4 is 5.43 Å². The molecule has 2 rings (SSSR count). The molecule has 0 saturated heterocycles. The number of allylic oxidation sites excluding steroid dienone is 1. The van der Waals surface area contributed by atoms with E-state index < -0.39 is 0 Å². The van der Waals surface area contributed by atoms with E-state index in [-0.39, 0.29) is 5.91 Å². The molecule has 0 heterocycles. The molecule has 0 saturated carbocycles. The maximum absolute atomic E-state index is 11.8. The first-order valence-electron chi connectivity index (χ1n) is 6.06. The zero-order chi connectivity index (χ0) is 14.2. The van der Waals surface area contributed by atoms with Crippen molar-refractivity contribution in [3.8, 4) is 0 Å². The van der Waals surface area contributed by atoms with Crippen molar-refractivity contribution in [1.82, 2.24) is 5.43 Å². The molecule has 0 aliphatic rings. The Morgan fingerprint density at radius 3 is 2.65 bits per heavy atom. The Kier molecular flexibility index (Phi) is 5.26. The lowest BCUT2D eigenvalue weighted by Gasteiger charge is -1.99. The largest absolute Gasteiger partial charge is 0.271 e. The van der Waals surface area contributed by atoms with Crippen LogP contribution in [0, 0.1) is 0 Å². The first-order valence-corrected chi connectivity index (χ1v) is 6.86. The van der Waals surface area contributed by atoms with Crippen molar-refractivity contribution < 1.29 is 4.79 Å². The second kappa shape index (κ2) is 7.40. The molecule has 0 aromatic heterocycles. The van der Waals surface area contributed by atoms with Gasteiger partial charge in [0.15, 0.2) is 0 Å². The molecule has 0 bridgehead atoms. The summed E-state index contributed by atoms with van der Waals surface area (Å²) >= 11 is 3.32. The molecule has 0 spiro atoms. The maximum Gasteiger partial charge on any atom is 0.271 e.